The average molecular weight is 480 g/mol. The number of likely N-dealkylation sites (tertiary alicyclic amines) is 1. The van der Waals surface area contributed by atoms with Gasteiger partial charge in [-0.15, -0.1) is 11.3 Å². The minimum absolute atomic E-state index is 0.140. The molecule has 1 N–H and O–H groups in total. The summed E-state index contributed by atoms with van der Waals surface area (Å²) in [4.78, 5) is 27.7. The second-order valence-corrected chi connectivity index (χ2v) is 8.91. The van der Waals surface area contributed by atoms with Crippen molar-refractivity contribution < 1.29 is 22.4 Å². The highest BCUT2D eigenvalue weighted by atomic mass is 32.1. The van der Waals surface area contributed by atoms with E-state index in [2.05, 4.69) is 20.3 Å². The van der Waals surface area contributed by atoms with Gasteiger partial charge < -0.3 is 10.2 Å². The predicted molar refractivity (Wildman–Crippen MR) is 116 cm³/mol. The molecule has 1 aliphatic heterocycles. The molecule has 33 heavy (non-hydrogen) atoms. The molecule has 1 saturated heterocycles. The van der Waals surface area contributed by atoms with Crippen LogP contribution in [0.5, 0.6) is 0 Å². The molecule has 0 bridgehead atoms. The molecule has 0 saturated carbocycles. The number of nitrogens with one attached hydrogen (secondary N) is 1. The molecule has 0 unspecified atom stereocenters. The van der Waals surface area contributed by atoms with Crippen LogP contribution in [0, 0.1) is 12.7 Å². The van der Waals surface area contributed by atoms with Gasteiger partial charge >= 0.3 is 6.18 Å². The van der Waals surface area contributed by atoms with Gasteiger partial charge in [0.25, 0.3) is 5.91 Å². The number of thiazole rings is 1. The lowest BCUT2D eigenvalue weighted by Crippen LogP contribution is -2.47. The Kier molecular flexibility index (Phi) is 6.59. The number of carbonyl (C=O) groups is 1. The lowest BCUT2D eigenvalue weighted by atomic mass is 10.0. The molecule has 3 aromatic rings. The maximum absolute atomic E-state index is 13.5. The number of piperidine rings is 1. The average Bonchev–Trinajstić information content (AvgIpc) is 3.19. The maximum atomic E-state index is 13.5. The van der Waals surface area contributed by atoms with Crippen molar-refractivity contribution in [3.63, 3.8) is 0 Å². The smallest absolute Gasteiger partial charge is 0.352 e. The van der Waals surface area contributed by atoms with Gasteiger partial charge in [-0.25, -0.2) is 19.3 Å². The predicted octanol–water partition coefficient (Wildman–Crippen LogP) is 5.17. The number of alkyl halides is 3. The van der Waals surface area contributed by atoms with Crippen LogP contribution in [-0.2, 0) is 6.18 Å². The van der Waals surface area contributed by atoms with E-state index in [4.69, 9.17) is 0 Å². The standard InChI is InChI=1S/C22H21F4N5OS/c1-13-29-18(19(33-13)14-5-7-15(23)8-6-14)20(32)31-11-3-2-4-16(31)12-28-21-27-10-9-17(30-21)22(24,25)26/h5-10,16H,2-4,11-12H2,1H3,(H,27,28,30)/t16-/m0/s1. The Hall–Kier alpha value is -3.08. The fourth-order valence-corrected chi connectivity index (χ4v) is 4.71. The Bertz CT molecular complexity index is 1130. The van der Waals surface area contributed by atoms with Crippen LogP contribution in [0.2, 0.25) is 0 Å². The van der Waals surface area contributed by atoms with Crippen molar-refractivity contribution in [2.45, 2.75) is 38.4 Å². The van der Waals surface area contributed by atoms with E-state index in [-0.39, 0.29) is 30.3 Å². The maximum Gasteiger partial charge on any atom is 0.433 e. The summed E-state index contributed by atoms with van der Waals surface area (Å²) in [6.45, 7) is 2.52. The Balaban J connectivity index is 1.53. The van der Waals surface area contributed by atoms with Crippen LogP contribution in [0.3, 0.4) is 0 Å². The highest BCUT2D eigenvalue weighted by molar-refractivity contribution is 7.15. The molecule has 1 aliphatic rings. The van der Waals surface area contributed by atoms with Gasteiger partial charge in [-0.3, -0.25) is 4.79 Å². The van der Waals surface area contributed by atoms with Gasteiger partial charge in [-0.1, -0.05) is 12.1 Å². The number of hydrogen-bond acceptors (Lipinski definition) is 6. The molecule has 2 aromatic heterocycles. The molecule has 0 radical (unpaired) electrons. The summed E-state index contributed by atoms with van der Waals surface area (Å²) in [6, 6.07) is 6.44. The monoisotopic (exact) mass is 479 g/mol. The largest absolute Gasteiger partial charge is 0.433 e. The van der Waals surface area contributed by atoms with E-state index in [0.717, 1.165) is 25.1 Å². The number of amides is 1. The molecule has 3 heterocycles. The van der Waals surface area contributed by atoms with Crippen LogP contribution in [0.25, 0.3) is 10.4 Å². The Morgan fingerprint density at radius 2 is 1.94 bits per heavy atom. The van der Waals surface area contributed by atoms with E-state index in [9.17, 15) is 22.4 Å². The van der Waals surface area contributed by atoms with Crippen molar-refractivity contribution in [2.24, 2.45) is 0 Å². The molecule has 1 fully saturated rings. The summed E-state index contributed by atoms with van der Waals surface area (Å²) >= 11 is 1.36. The van der Waals surface area contributed by atoms with Gasteiger partial charge in [0.2, 0.25) is 5.95 Å². The topological polar surface area (TPSA) is 71.0 Å². The van der Waals surface area contributed by atoms with Crippen molar-refractivity contribution in [3.8, 4) is 10.4 Å². The first-order valence-corrected chi connectivity index (χ1v) is 11.2. The Morgan fingerprint density at radius 1 is 1.18 bits per heavy atom. The summed E-state index contributed by atoms with van der Waals surface area (Å²) in [5, 5.41) is 3.56. The minimum atomic E-state index is -4.56. The number of aromatic nitrogens is 3. The summed E-state index contributed by atoms with van der Waals surface area (Å²) in [6.07, 6.45) is -1.12. The first kappa shape index (κ1) is 23.1. The lowest BCUT2D eigenvalue weighted by Gasteiger charge is -2.35. The number of anilines is 1. The van der Waals surface area contributed by atoms with Crippen molar-refractivity contribution >= 4 is 23.2 Å². The molecule has 1 amide bonds. The van der Waals surface area contributed by atoms with Crippen LogP contribution in [0.15, 0.2) is 36.5 Å². The lowest BCUT2D eigenvalue weighted by molar-refractivity contribution is -0.141. The number of aryl methyl sites for hydroxylation is 1. The SMILES string of the molecule is Cc1nc(C(=O)N2CCCC[C@H]2CNc2nccc(C(F)(F)F)n2)c(-c2ccc(F)cc2)s1. The molecule has 11 heteroatoms. The summed E-state index contributed by atoms with van der Waals surface area (Å²) in [7, 11) is 0. The highest BCUT2D eigenvalue weighted by Crippen LogP contribution is 2.33. The van der Waals surface area contributed by atoms with Crippen LogP contribution in [0.1, 0.15) is 40.5 Å². The first-order chi connectivity index (χ1) is 15.7. The van der Waals surface area contributed by atoms with Crippen LogP contribution < -0.4 is 5.32 Å². The van der Waals surface area contributed by atoms with E-state index in [1.54, 1.807) is 24.0 Å². The third-order valence-corrected chi connectivity index (χ3v) is 6.39. The van der Waals surface area contributed by atoms with Gasteiger partial charge in [0.15, 0.2) is 0 Å². The zero-order valence-corrected chi connectivity index (χ0v) is 18.5. The van der Waals surface area contributed by atoms with E-state index >= 15 is 0 Å². The molecule has 6 nitrogen and oxygen atoms in total. The molecule has 0 aliphatic carbocycles. The number of nitrogens with zero attached hydrogens (tertiary/aromatic N) is 4. The molecule has 4 rings (SSSR count). The van der Waals surface area contributed by atoms with Crippen molar-refractivity contribution in [2.75, 3.05) is 18.4 Å². The summed E-state index contributed by atoms with van der Waals surface area (Å²) in [5.74, 6) is -0.763. The fraction of sp³-hybridized carbons (Fsp3) is 0.364. The van der Waals surface area contributed by atoms with Gasteiger partial charge in [-0.05, 0) is 49.9 Å². The van der Waals surface area contributed by atoms with Crippen molar-refractivity contribution in [1.82, 2.24) is 19.9 Å². The minimum Gasteiger partial charge on any atom is -0.352 e. The van der Waals surface area contributed by atoms with Crippen LogP contribution in [-0.4, -0.2) is 44.9 Å². The molecule has 1 aromatic carbocycles. The van der Waals surface area contributed by atoms with Gasteiger partial charge in [0.1, 0.15) is 17.2 Å². The quantitative estimate of drug-likeness (QED) is 0.511. The third-order valence-electron chi connectivity index (χ3n) is 5.37. The summed E-state index contributed by atoms with van der Waals surface area (Å²) in [5.41, 5.74) is -0.0285. The number of rotatable bonds is 5. The number of halogens is 4. The zero-order valence-electron chi connectivity index (χ0n) is 17.7. The van der Waals surface area contributed by atoms with Crippen molar-refractivity contribution in [3.05, 3.63) is 58.7 Å². The third kappa shape index (κ3) is 5.29. The molecule has 174 valence electrons. The zero-order chi connectivity index (χ0) is 23.6. The number of benzene rings is 1. The van der Waals surface area contributed by atoms with E-state index in [0.29, 0.717) is 34.1 Å². The van der Waals surface area contributed by atoms with Gasteiger partial charge in [0.05, 0.1) is 9.88 Å². The summed E-state index contributed by atoms with van der Waals surface area (Å²) < 4.78 is 52.1. The van der Waals surface area contributed by atoms with E-state index in [1.165, 1.54) is 23.5 Å². The van der Waals surface area contributed by atoms with Crippen LogP contribution in [0.4, 0.5) is 23.5 Å². The second kappa shape index (κ2) is 9.42. The normalized spacial score (nSPS) is 16.6. The van der Waals surface area contributed by atoms with E-state index in [1.807, 2.05) is 0 Å². The molecule has 1 atom stereocenters. The van der Waals surface area contributed by atoms with Gasteiger partial charge in [-0.2, -0.15) is 13.2 Å². The molecule has 0 spiro atoms. The highest BCUT2D eigenvalue weighted by Gasteiger charge is 2.34. The number of carbonyl (C=O) groups excluding carboxylic acids is 1. The molecular formula is C22H21F4N5OS. The number of hydrogen-bond donors (Lipinski definition) is 1. The van der Waals surface area contributed by atoms with Gasteiger partial charge in [0, 0.05) is 25.3 Å². The first-order valence-electron chi connectivity index (χ1n) is 10.4. The van der Waals surface area contributed by atoms with E-state index < -0.39 is 11.9 Å². The second-order valence-electron chi connectivity index (χ2n) is 7.71. The van der Waals surface area contributed by atoms with Crippen molar-refractivity contribution in [1.29, 1.82) is 0 Å². The molecular weight excluding hydrogens is 458 g/mol. The Labute approximate surface area is 191 Å². The fourth-order valence-electron chi connectivity index (χ4n) is 3.80. The Morgan fingerprint density at radius 3 is 2.67 bits per heavy atom. The van der Waals surface area contributed by atoms with Crippen LogP contribution >= 0.6 is 11.3 Å².